The van der Waals surface area contributed by atoms with Crippen LogP contribution in [0.3, 0.4) is 0 Å². The Hall–Kier alpha value is 0.400. The monoisotopic (exact) mass is 440 g/mol. The molecule has 0 radical (unpaired) electrons. The SMILES string of the molecule is O=C1C2=C(SC(=C3SC4=C(SCCS4)S3)S2)C(=O)C2C1[C@@H]1C=C[C@H]2C1. The summed E-state index contributed by atoms with van der Waals surface area (Å²) in [7, 11) is 0. The van der Waals surface area contributed by atoms with Gasteiger partial charge in [0, 0.05) is 23.3 Å². The number of fused-ring (bicyclic) bond motifs is 5. The van der Waals surface area contributed by atoms with Crippen LogP contribution < -0.4 is 0 Å². The van der Waals surface area contributed by atoms with Crippen LogP contribution in [0.2, 0.25) is 0 Å². The van der Waals surface area contributed by atoms with Gasteiger partial charge in [0.2, 0.25) is 0 Å². The Morgan fingerprint density at radius 1 is 0.680 bits per heavy atom. The summed E-state index contributed by atoms with van der Waals surface area (Å²) in [4.78, 5) is 27.7. The lowest BCUT2D eigenvalue weighted by molar-refractivity contribution is -0.129. The summed E-state index contributed by atoms with van der Waals surface area (Å²) in [6, 6.07) is 0. The van der Waals surface area contributed by atoms with Crippen molar-refractivity contribution in [2.75, 3.05) is 11.5 Å². The summed E-state index contributed by atoms with van der Waals surface area (Å²) < 4.78 is 5.24. The predicted molar refractivity (Wildman–Crippen MR) is 114 cm³/mol. The molecule has 0 amide bonds. The van der Waals surface area contributed by atoms with Gasteiger partial charge in [-0.2, -0.15) is 0 Å². The van der Waals surface area contributed by atoms with Crippen LogP contribution in [0.15, 0.2) is 38.9 Å². The van der Waals surface area contributed by atoms with Gasteiger partial charge in [-0.1, -0.05) is 59.2 Å². The molecule has 2 bridgehead atoms. The molecule has 0 saturated heterocycles. The van der Waals surface area contributed by atoms with E-state index in [9.17, 15) is 9.59 Å². The lowest BCUT2D eigenvalue weighted by Gasteiger charge is -2.29. The summed E-state index contributed by atoms with van der Waals surface area (Å²) in [5.74, 6) is 3.23. The molecule has 1 fully saturated rings. The first-order chi connectivity index (χ1) is 12.2. The molecule has 0 spiro atoms. The zero-order chi connectivity index (χ0) is 16.7. The highest BCUT2D eigenvalue weighted by Crippen LogP contribution is 2.67. The second-order valence-electron chi connectivity index (χ2n) is 6.64. The van der Waals surface area contributed by atoms with Crippen molar-refractivity contribution >= 4 is 82.1 Å². The van der Waals surface area contributed by atoms with Crippen LogP contribution in [0, 0.1) is 23.7 Å². The maximum absolute atomic E-state index is 13.1. The van der Waals surface area contributed by atoms with E-state index >= 15 is 0 Å². The Morgan fingerprint density at radius 3 is 1.68 bits per heavy atom. The average Bonchev–Trinajstić information content (AvgIpc) is 3.39. The predicted octanol–water partition coefficient (Wildman–Crippen LogP) is 5.48. The van der Waals surface area contributed by atoms with Gasteiger partial charge in [-0.3, -0.25) is 9.59 Å². The molecule has 3 aliphatic carbocycles. The first-order valence-electron chi connectivity index (χ1n) is 8.17. The fourth-order valence-corrected chi connectivity index (χ4v) is 13.3. The van der Waals surface area contributed by atoms with Gasteiger partial charge >= 0.3 is 0 Å². The minimum Gasteiger partial charge on any atom is -0.293 e. The highest BCUT2D eigenvalue weighted by molar-refractivity contribution is 8.43. The van der Waals surface area contributed by atoms with E-state index in [-0.39, 0.29) is 23.4 Å². The molecule has 1 saturated carbocycles. The third-order valence-corrected chi connectivity index (χ3v) is 14.3. The number of carbonyl (C=O) groups excluding carboxylic acids is 2. The van der Waals surface area contributed by atoms with Gasteiger partial charge in [0.05, 0.1) is 26.8 Å². The van der Waals surface area contributed by atoms with Crippen molar-refractivity contribution in [3.05, 3.63) is 38.9 Å². The van der Waals surface area contributed by atoms with Gasteiger partial charge in [-0.25, -0.2) is 0 Å². The van der Waals surface area contributed by atoms with Gasteiger partial charge in [0.1, 0.15) is 0 Å². The molecule has 6 aliphatic rings. The van der Waals surface area contributed by atoms with Crippen LogP contribution in [-0.4, -0.2) is 23.1 Å². The number of ketones is 2. The molecule has 0 aromatic rings. The van der Waals surface area contributed by atoms with Crippen molar-refractivity contribution in [3.63, 3.8) is 0 Å². The molecule has 4 atom stereocenters. The highest BCUT2D eigenvalue weighted by Gasteiger charge is 2.57. The van der Waals surface area contributed by atoms with E-state index in [1.54, 1.807) is 23.5 Å². The number of carbonyl (C=O) groups is 2. The van der Waals surface area contributed by atoms with Crippen LogP contribution >= 0.6 is 70.6 Å². The van der Waals surface area contributed by atoms with Crippen LogP contribution in [-0.2, 0) is 9.59 Å². The molecule has 6 rings (SSSR count). The maximum Gasteiger partial charge on any atom is 0.175 e. The van der Waals surface area contributed by atoms with Crippen molar-refractivity contribution < 1.29 is 9.59 Å². The number of thioether (sulfide) groups is 6. The van der Waals surface area contributed by atoms with Crippen molar-refractivity contribution in [1.82, 2.24) is 0 Å². The largest absolute Gasteiger partial charge is 0.293 e. The molecule has 0 N–H and O–H groups in total. The quantitative estimate of drug-likeness (QED) is 0.458. The molecule has 128 valence electrons. The number of rotatable bonds is 0. The molecule has 2 nitrogen and oxygen atoms in total. The van der Waals surface area contributed by atoms with Crippen LogP contribution in [0.5, 0.6) is 0 Å². The zero-order valence-corrected chi connectivity index (χ0v) is 17.8. The van der Waals surface area contributed by atoms with E-state index in [2.05, 4.69) is 12.2 Å². The summed E-state index contributed by atoms with van der Waals surface area (Å²) in [5, 5.41) is 0. The zero-order valence-electron chi connectivity index (χ0n) is 12.9. The van der Waals surface area contributed by atoms with E-state index in [4.69, 9.17) is 0 Å². The number of hydrogen-bond donors (Lipinski definition) is 0. The minimum atomic E-state index is -0.0833. The summed E-state index contributed by atoms with van der Waals surface area (Å²) in [6.07, 6.45) is 5.33. The van der Waals surface area contributed by atoms with Crippen molar-refractivity contribution in [2.45, 2.75) is 6.42 Å². The van der Waals surface area contributed by atoms with E-state index in [0.29, 0.717) is 11.8 Å². The highest BCUT2D eigenvalue weighted by atomic mass is 32.3. The summed E-state index contributed by atoms with van der Waals surface area (Å²) >= 11 is 10.7. The molecule has 3 aliphatic heterocycles. The molecule has 2 unspecified atom stereocenters. The molecule has 0 aromatic carbocycles. The minimum absolute atomic E-state index is 0.0833. The van der Waals surface area contributed by atoms with E-state index in [1.165, 1.54) is 24.2 Å². The Morgan fingerprint density at radius 2 is 1.16 bits per heavy atom. The van der Waals surface area contributed by atoms with Crippen molar-refractivity contribution in [2.24, 2.45) is 23.7 Å². The maximum atomic E-state index is 13.1. The third kappa shape index (κ3) is 2.34. The first kappa shape index (κ1) is 16.4. The van der Waals surface area contributed by atoms with E-state index in [1.807, 2.05) is 47.0 Å². The standard InChI is InChI=1S/C17H12O2S6/c18-10-8-6-1-2-7(5-6)9(8)11(19)13-12(10)22-16(23-13)17-24-14-15(25-17)21-4-3-20-14/h1-2,6-9H,3-5H2/t6-,7+,8?,9?. The summed E-state index contributed by atoms with van der Waals surface area (Å²) in [5.41, 5.74) is 0. The van der Waals surface area contributed by atoms with Crippen LogP contribution in [0.25, 0.3) is 0 Å². The second-order valence-corrected chi connectivity index (χ2v) is 14.0. The normalized spacial score (nSPS) is 38.9. The molecule has 3 heterocycles. The number of Topliss-reactive ketones (excluding diaryl/α,β-unsaturated/α-hetero) is 2. The summed E-state index contributed by atoms with van der Waals surface area (Å²) in [6.45, 7) is 0. The van der Waals surface area contributed by atoms with Gasteiger partial charge < -0.3 is 0 Å². The molecular formula is C17H12O2S6. The average molecular weight is 441 g/mol. The topological polar surface area (TPSA) is 34.1 Å². The van der Waals surface area contributed by atoms with Crippen molar-refractivity contribution in [1.29, 1.82) is 0 Å². The lowest BCUT2D eigenvalue weighted by atomic mass is 9.74. The van der Waals surface area contributed by atoms with Gasteiger partial charge in [-0.05, 0) is 18.3 Å². The fourth-order valence-electron chi connectivity index (χ4n) is 4.35. The van der Waals surface area contributed by atoms with Gasteiger partial charge in [0.25, 0.3) is 0 Å². The first-order valence-corrected chi connectivity index (χ1v) is 13.4. The van der Waals surface area contributed by atoms with E-state index in [0.717, 1.165) is 20.5 Å². The number of hydrogen-bond acceptors (Lipinski definition) is 8. The second kappa shape index (κ2) is 5.95. The van der Waals surface area contributed by atoms with Gasteiger partial charge in [-0.15, -0.1) is 23.5 Å². The molecular weight excluding hydrogens is 429 g/mol. The third-order valence-electron chi connectivity index (χ3n) is 5.36. The lowest BCUT2D eigenvalue weighted by Crippen LogP contribution is -2.38. The molecule has 25 heavy (non-hydrogen) atoms. The van der Waals surface area contributed by atoms with Gasteiger partial charge in [0.15, 0.2) is 11.6 Å². The Balaban J connectivity index is 1.32. The smallest absolute Gasteiger partial charge is 0.175 e. The van der Waals surface area contributed by atoms with Crippen molar-refractivity contribution in [3.8, 4) is 0 Å². The Bertz CT molecular complexity index is 802. The van der Waals surface area contributed by atoms with Crippen LogP contribution in [0.1, 0.15) is 6.42 Å². The fraction of sp³-hybridized carbons (Fsp3) is 0.412. The number of allylic oxidation sites excluding steroid dienone is 4. The molecule has 8 heteroatoms. The Kier molecular flexibility index (Phi) is 3.89. The van der Waals surface area contributed by atoms with Crippen LogP contribution in [0.4, 0.5) is 0 Å². The molecule has 0 aromatic heterocycles. The Labute approximate surface area is 171 Å². The van der Waals surface area contributed by atoms with E-state index < -0.39 is 0 Å².